The highest BCUT2D eigenvalue weighted by molar-refractivity contribution is 5.93. The maximum Gasteiger partial charge on any atom is 0.270 e. The number of nitrogens with one attached hydrogen (secondary N) is 2. The third-order valence-corrected chi connectivity index (χ3v) is 3.64. The predicted molar refractivity (Wildman–Crippen MR) is 90.1 cm³/mol. The SMILES string of the molecule is COc1ccc(Nc2nc(C)cc(C(=O)NC3CC3)n2)cc1OC. The highest BCUT2D eigenvalue weighted by Crippen LogP contribution is 2.30. The lowest BCUT2D eigenvalue weighted by atomic mass is 10.2. The van der Waals surface area contributed by atoms with Crippen molar-refractivity contribution in [1.82, 2.24) is 15.3 Å². The van der Waals surface area contributed by atoms with E-state index in [2.05, 4.69) is 20.6 Å². The van der Waals surface area contributed by atoms with Gasteiger partial charge in [0.05, 0.1) is 14.2 Å². The molecule has 1 saturated carbocycles. The minimum Gasteiger partial charge on any atom is -0.493 e. The summed E-state index contributed by atoms with van der Waals surface area (Å²) in [7, 11) is 3.16. The van der Waals surface area contributed by atoms with Gasteiger partial charge in [-0.3, -0.25) is 4.79 Å². The molecule has 0 aliphatic heterocycles. The van der Waals surface area contributed by atoms with Crippen LogP contribution in [0.3, 0.4) is 0 Å². The summed E-state index contributed by atoms with van der Waals surface area (Å²) in [6.07, 6.45) is 2.07. The summed E-state index contributed by atoms with van der Waals surface area (Å²) < 4.78 is 10.5. The molecule has 7 heteroatoms. The number of anilines is 2. The van der Waals surface area contributed by atoms with Crippen molar-refractivity contribution >= 4 is 17.5 Å². The molecule has 1 aromatic heterocycles. The standard InChI is InChI=1S/C17H20N4O3/c1-10-8-13(16(22)19-11-4-5-11)21-17(18-10)20-12-6-7-14(23-2)15(9-12)24-3/h6-9,11H,4-5H2,1-3H3,(H,19,22)(H,18,20,21). The molecule has 0 saturated heterocycles. The number of aryl methyl sites for hydroxylation is 1. The van der Waals surface area contributed by atoms with Gasteiger partial charge >= 0.3 is 0 Å². The zero-order valence-electron chi connectivity index (χ0n) is 13.9. The smallest absolute Gasteiger partial charge is 0.270 e. The second kappa shape index (κ2) is 6.74. The van der Waals surface area contributed by atoms with Crippen LogP contribution in [0.4, 0.5) is 11.6 Å². The van der Waals surface area contributed by atoms with Crippen molar-refractivity contribution in [3.05, 3.63) is 35.7 Å². The van der Waals surface area contributed by atoms with E-state index < -0.39 is 0 Å². The maximum atomic E-state index is 12.2. The minimum absolute atomic E-state index is 0.168. The second-order valence-electron chi connectivity index (χ2n) is 5.66. The van der Waals surface area contributed by atoms with Crippen LogP contribution in [0.15, 0.2) is 24.3 Å². The van der Waals surface area contributed by atoms with E-state index >= 15 is 0 Å². The summed E-state index contributed by atoms with van der Waals surface area (Å²) in [5, 5.41) is 6.03. The molecule has 7 nitrogen and oxygen atoms in total. The van der Waals surface area contributed by atoms with Crippen LogP contribution >= 0.6 is 0 Å². The van der Waals surface area contributed by atoms with Gasteiger partial charge in [-0.25, -0.2) is 9.97 Å². The fourth-order valence-corrected chi connectivity index (χ4v) is 2.27. The largest absolute Gasteiger partial charge is 0.493 e. The molecular weight excluding hydrogens is 308 g/mol. The molecule has 1 aromatic carbocycles. The van der Waals surface area contributed by atoms with Gasteiger partial charge in [0, 0.05) is 23.5 Å². The second-order valence-corrected chi connectivity index (χ2v) is 5.66. The van der Waals surface area contributed by atoms with Crippen molar-refractivity contribution in [3.8, 4) is 11.5 Å². The van der Waals surface area contributed by atoms with Gasteiger partial charge in [-0.05, 0) is 38.0 Å². The number of aromatic nitrogens is 2. The molecule has 0 bridgehead atoms. The topological polar surface area (TPSA) is 85.4 Å². The van der Waals surface area contributed by atoms with Crippen molar-refractivity contribution in [2.75, 3.05) is 19.5 Å². The van der Waals surface area contributed by atoms with Crippen LogP contribution < -0.4 is 20.1 Å². The predicted octanol–water partition coefficient (Wildman–Crippen LogP) is 2.44. The van der Waals surface area contributed by atoms with Gasteiger partial charge in [0.1, 0.15) is 5.69 Å². The summed E-state index contributed by atoms with van der Waals surface area (Å²) in [6.45, 7) is 1.83. The Labute approximate surface area is 140 Å². The van der Waals surface area contributed by atoms with Crippen LogP contribution in [0.5, 0.6) is 11.5 Å². The van der Waals surface area contributed by atoms with Crippen molar-refractivity contribution in [2.24, 2.45) is 0 Å². The normalized spacial score (nSPS) is 13.3. The van der Waals surface area contributed by atoms with Crippen LogP contribution in [0.1, 0.15) is 29.0 Å². The van der Waals surface area contributed by atoms with Crippen LogP contribution in [-0.4, -0.2) is 36.1 Å². The highest BCUT2D eigenvalue weighted by Gasteiger charge is 2.24. The molecule has 1 aliphatic rings. The summed E-state index contributed by atoms with van der Waals surface area (Å²) in [6, 6.07) is 7.37. The molecule has 2 aromatic rings. The first kappa shape index (κ1) is 16.0. The lowest BCUT2D eigenvalue weighted by Crippen LogP contribution is -2.26. The van der Waals surface area contributed by atoms with Crippen LogP contribution in [0, 0.1) is 6.92 Å². The molecule has 0 spiro atoms. The first-order valence-electron chi connectivity index (χ1n) is 7.74. The summed E-state index contributed by atoms with van der Waals surface area (Å²) >= 11 is 0. The van der Waals surface area contributed by atoms with E-state index in [1.165, 1.54) is 0 Å². The lowest BCUT2D eigenvalue weighted by molar-refractivity contribution is 0.0946. The third-order valence-electron chi connectivity index (χ3n) is 3.64. The molecule has 1 fully saturated rings. The van der Waals surface area contributed by atoms with Crippen molar-refractivity contribution in [3.63, 3.8) is 0 Å². The van der Waals surface area contributed by atoms with Gasteiger partial charge in [-0.2, -0.15) is 0 Å². The minimum atomic E-state index is -0.168. The van der Waals surface area contributed by atoms with E-state index in [9.17, 15) is 4.79 Å². The van der Waals surface area contributed by atoms with Gasteiger partial charge in [0.2, 0.25) is 5.95 Å². The van der Waals surface area contributed by atoms with E-state index in [4.69, 9.17) is 9.47 Å². The first-order valence-corrected chi connectivity index (χ1v) is 7.74. The zero-order valence-corrected chi connectivity index (χ0v) is 13.9. The molecule has 126 valence electrons. The third kappa shape index (κ3) is 3.73. The van der Waals surface area contributed by atoms with E-state index in [-0.39, 0.29) is 11.9 Å². The zero-order chi connectivity index (χ0) is 17.1. The molecule has 1 heterocycles. The van der Waals surface area contributed by atoms with Gasteiger partial charge in [-0.1, -0.05) is 0 Å². The monoisotopic (exact) mass is 328 g/mol. The molecule has 24 heavy (non-hydrogen) atoms. The Balaban J connectivity index is 1.81. The summed E-state index contributed by atoms with van der Waals surface area (Å²) in [4.78, 5) is 20.8. The number of methoxy groups -OCH3 is 2. The van der Waals surface area contributed by atoms with E-state index in [0.29, 0.717) is 28.8 Å². The molecular formula is C17H20N4O3. The number of rotatable bonds is 6. The number of hydrogen-bond donors (Lipinski definition) is 2. The van der Waals surface area contributed by atoms with Crippen molar-refractivity contribution in [1.29, 1.82) is 0 Å². The number of amides is 1. The molecule has 3 rings (SSSR count). The average Bonchev–Trinajstić information content (AvgIpc) is 3.38. The van der Waals surface area contributed by atoms with E-state index in [1.807, 2.05) is 13.0 Å². The van der Waals surface area contributed by atoms with Gasteiger partial charge in [0.15, 0.2) is 11.5 Å². The molecule has 1 amide bonds. The fourth-order valence-electron chi connectivity index (χ4n) is 2.27. The van der Waals surface area contributed by atoms with E-state index in [0.717, 1.165) is 18.5 Å². The Morgan fingerprint density at radius 1 is 1.12 bits per heavy atom. The molecule has 0 radical (unpaired) electrons. The van der Waals surface area contributed by atoms with Crippen molar-refractivity contribution < 1.29 is 14.3 Å². The number of nitrogens with zero attached hydrogens (tertiary/aromatic N) is 2. The van der Waals surface area contributed by atoms with Crippen molar-refractivity contribution in [2.45, 2.75) is 25.8 Å². The van der Waals surface area contributed by atoms with Crippen LogP contribution in [-0.2, 0) is 0 Å². The number of benzene rings is 1. The Kier molecular flexibility index (Phi) is 4.50. The quantitative estimate of drug-likeness (QED) is 0.847. The number of carbonyl (C=O) groups is 1. The number of ether oxygens (including phenoxy) is 2. The summed E-state index contributed by atoms with van der Waals surface area (Å²) in [5.41, 5.74) is 1.82. The highest BCUT2D eigenvalue weighted by atomic mass is 16.5. The van der Waals surface area contributed by atoms with E-state index in [1.54, 1.807) is 32.4 Å². The molecule has 0 unspecified atom stereocenters. The Morgan fingerprint density at radius 2 is 1.88 bits per heavy atom. The lowest BCUT2D eigenvalue weighted by Gasteiger charge is -2.11. The number of hydrogen-bond acceptors (Lipinski definition) is 6. The average molecular weight is 328 g/mol. The van der Waals surface area contributed by atoms with Gasteiger partial charge in [-0.15, -0.1) is 0 Å². The molecule has 2 N–H and O–H groups in total. The Morgan fingerprint density at radius 3 is 2.54 bits per heavy atom. The first-order chi connectivity index (χ1) is 11.6. The summed E-state index contributed by atoms with van der Waals surface area (Å²) in [5.74, 6) is 1.43. The fraction of sp³-hybridized carbons (Fsp3) is 0.353. The Hall–Kier alpha value is -2.83. The molecule has 0 atom stereocenters. The van der Waals surface area contributed by atoms with Gasteiger partial charge < -0.3 is 20.1 Å². The van der Waals surface area contributed by atoms with Crippen LogP contribution in [0.2, 0.25) is 0 Å². The van der Waals surface area contributed by atoms with Gasteiger partial charge in [0.25, 0.3) is 5.91 Å². The molecule has 1 aliphatic carbocycles. The van der Waals surface area contributed by atoms with Crippen LogP contribution in [0.25, 0.3) is 0 Å². The Bertz CT molecular complexity index is 759. The number of carbonyl (C=O) groups excluding carboxylic acids is 1. The maximum absolute atomic E-state index is 12.2.